The van der Waals surface area contributed by atoms with E-state index in [2.05, 4.69) is 5.10 Å². The van der Waals surface area contributed by atoms with Crippen LogP contribution in [0.25, 0.3) is 0 Å². The van der Waals surface area contributed by atoms with Crippen molar-refractivity contribution < 1.29 is 5.11 Å². The van der Waals surface area contributed by atoms with Crippen LogP contribution in [0.2, 0.25) is 0 Å². The van der Waals surface area contributed by atoms with Gasteiger partial charge in [-0.05, 0) is 19.1 Å². The van der Waals surface area contributed by atoms with Crippen molar-refractivity contribution in [2.75, 3.05) is 6.54 Å². The molecule has 1 aliphatic heterocycles. The minimum Gasteiger partial charge on any atom is -0.369 e. The Labute approximate surface area is 54.3 Å². The molecular formula is C6H10N2O. The number of aliphatic hydroxyl groups excluding tert-OH is 1. The zero-order valence-corrected chi connectivity index (χ0v) is 5.36. The summed E-state index contributed by atoms with van der Waals surface area (Å²) in [5.74, 6) is 0. The van der Waals surface area contributed by atoms with E-state index in [1.54, 1.807) is 23.4 Å². The number of hydrazone groups is 1. The van der Waals surface area contributed by atoms with Crippen molar-refractivity contribution in [1.29, 1.82) is 0 Å². The molecule has 3 heteroatoms. The lowest BCUT2D eigenvalue weighted by Crippen LogP contribution is -2.30. The number of rotatable bonds is 1. The molecule has 9 heavy (non-hydrogen) atoms. The number of nitrogens with zero attached hydrogens (tertiary/aromatic N) is 2. The van der Waals surface area contributed by atoms with Crippen LogP contribution in [0.15, 0.2) is 17.3 Å². The third-order valence-electron chi connectivity index (χ3n) is 1.21. The summed E-state index contributed by atoms with van der Waals surface area (Å²) in [5.41, 5.74) is 0. The van der Waals surface area contributed by atoms with E-state index in [-0.39, 0.29) is 0 Å². The molecule has 1 atom stereocenters. The van der Waals surface area contributed by atoms with Gasteiger partial charge in [0.15, 0.2) is 6.23 Å². The van der Waals surface area contributed by atoms with Gasteiger partial charge in [-0.2, -0.15) is 5.10 Å². The van der Waals surface area contributed by atoms with Gasteiger partial charge in [0.2, 0.25) is 0 Å². The van der Waals surface area contributed by atoms with Crippen molar-refractivity contribution in [3.8, 4) is 0 Å². The summed E-state index contributed by atoms with van der Waals surface area (Å²) in [6, 6.07) is 0. The molecule has 0 saturated carbocycles. The topological polar surface area (TPSA) is 35.8 Å². The van der Waals surface area contributed by atoms with Crippen LogP contribution in [-0.4, -0.2) is 29.1 Å². The Morgan fingerprint density at radius 1 is 1.78 bits per heavy atom. The first-order valence-electron chi connectivity index (χ1n) is 3.00. The molecule has 0 amide bonds. The van der Waals surface area contributed by atoms with Gasteiger partial charge < -0.3 is 5.11 Å². The molecule has 1 aliphatic rings. The van der Waals surface area contributed by atoms with E-state index >= 15 is 0 Å². The summed E-state index contributed by atoms with van der Waals surface area (Å²) in [5, 5.41) is 14.6. The highest BCUT2D eigenvalue weighted by Gasteiger charge is 2.07. The molecule has 3 nitrogen and oxygen atoms in total. The SMILES string of the molecule is CCN1N=CC=CC1O. The van der Waals surface area contributed by atoms with Crippen molar-refractivity contribution in [1.82, 2.24) is 5.01 Å². The summed E-state index contributed by atoms with van der Waals surface area (Å²) < 4.78 is 0. The minimum absolute atomic E-state index is 0.528. The van der Waals surface area contributed by atoms with Gasteiger partial charge in [-0.1, -0.05) is 0 Å². The van der Waals surface area contributed by atoms with Crippen LogP contribution in [0.5, 0.6) is 0 Å². The standard InChI is InChI=1S/C6H10N2O/c1-2-8-6(9)4-3-5-7-8/h3-6,9H,2H2,1H3. The van der Waals surface area contributed by atoms with Crippen molar-refractivity contribution in [2.24, 2.45) is 5.10 Å². The monoisotopic (exact) mass is 126 g/mol. The average Bonchev–Trinajstić information content (AvgIpc) is 1.89. The maximum Gasteiger partial charge on any atom is 0.161 e. The Morgan fingerprint density at radius 3 is 3.00 bits per heavy atom. The molecule has 0 radical (unpaired) electrons. The molecule has 1 N–H and O–H groups in total. The molecule has 1 heterocycles. The summed E-state index contributed by atoms with van der Waals surface area (Å²) in [4.78, 5) is 0. The van der Waals surface area contributed by atoms with Crippen LogP contribution in [0.1, 0.15) is 6.92 Å². The predicted molar refractivity (Wildman–Crippen MR) is 36.0 cm³/mol. The van der Waals surface area contributed by atoms with Crippen LogP contribution >= 0.6 is 0 Å². The van der Waals surface area contributed by atoms with Gasteiger partial charge in [-0.15, -0.1) is 0 Å². The number of likely N-dealkylation sites (N-methyl/N-ethyl adjacent to an activating group) is 1. The molecule has 0 aliphatic carbocycles. The van der Waals surface area contributed by atoms with Crippen LogP contribution in [0, 0.1) is 0 Å². The van der Waals surface area contributed by atoms with E-state index < -0.39 is 6.23 Å². The maximum absolute atomic E-state index is 9.09. The third kappa shape index (κ3) is 1.29. The first-order valence-corrected chi connectivity index (χ1v) is 3.00. The fraction of sp³-hybridized carbons (Fsp3) is 0.500. The summed E-state index contributed by atoms with van der Waals surface area (Å²) in [6.07, 6.45) is 4.56. The lowest BCUT2D eigenvalue weighted by Gasteiger charge is -2.22. The quantitative estimate of drug-likeness (QED) is 0.544. The van der Waals surface area contributed by atoms with Gasteiger partial charge in [-0.3, -0.25) is 5.01 Å². The molecule has 0 fully saturated rings. The van der Waals surface area contributed by atoms with Gasteiger partial charge >= 0.3 is 0 Å². The number of hydrogen-bond acceptors (Lipinski definition) is 3. The van der Waals surface area contributed by atoms with E-state index in [0.29, 0.717) is 0 Å². The van der Waals surface area contributed by atoms with Crippen molar-refractivity contribution in [3.63, 3.8) is 0 Å². The first-order chi connectivity index (χ1) is 4.34. The van der Waals surface area contributed by atoms with Crippen LogP contribution < -0.4 is 0 Å². The van der Waals surface area contributed by atoms with Gasteiger partial charge in [0.25, 0.3) is 0 Å². The van der Waals surface area contributed by atoms with Gasteiger partial charge in [-0.25, -0.2) is 0 Å². The van der Waals surface area contributed by atoms with E-state index in [9.17, 15) is 0 Å². The smallest absolute Gasteiger partial charge is 0.161 e. The average molecular weight is 126 g/mol. The Kier molecular flexibility index (Phi) is 1.85. The lowest BCUT2D eigenvalue weighted by atomic mass is 10.4. The van der Waals surface area contributed by atoms with Crippen LogP contribution in [-0.2, 0) is 0 Å². The highest BCUT2D eigenvalue weighted by molar-refractivity contribution is 5.71. The maximum atomic E-state index is 9.09. The van der Waals surface area contributed by atoms with Gasteiger partial charge in [0.1, 0.15) is 0 Å². The Morgan fingerprint density at radius 2 is 2.56 bits per heavy atom. The summed E-state index contributed by atoms with van der Waals surface area (Å²) >= 11 is 0. The van der Waals surface area contributed by atoms with E-state index in [4.69, 9.17) is 5.11 Å². The molecule has 50 valence electrons. The van der Waals surface area contributed by atoms with Crippen molar-refractivity contribution >= 4 is 6.21 Å². The second-order valence-electron chi connectivity index (χ2n) is 1.82. The number of allylic oxidation sites excluding steroid dienone is 1. The van der Waals surface area contributed by atoms with Crippen LogP contribution in [0.3, 0.4) is 0 Å². The Bertz CT molecular complexity index is 142. The van der Waals surface area contributed by atoms with Crippen LogP contribution in [0.4, 0.5) is 0 Å². The van der Waals surface area contributed by atoms with E-state index in [1.807, 2.05) is 6.92 Å². The molecule has 0 saturated heterocycles. The van der Waals surface area contributed by atoms with Crippen molar-refractivity contribution in [2.45, 2.75) is 13.2 Å². The normalized spacial score (nSPS) is 25.1. The second-order valence-corrected chi connectivity index (χ2v) is 1.82. The fourth-order valence-corrected chi connectivity index (χ4v) is 0.710. The lowest BCUT2D eigenvalue weighted by molar-refractivity contribution is 0.0469. The van der Waals surface area contributed by atoms with Gasteiger partial charge in [0, 0.05) is 12.8 Å². The molecule has 1 rings (SSSR count). The second kappa shape index (κ2) is 2.64. The van der Waals surface area contributed by atoms with E-state index in [1.165, 1.54) is 0 Å². The number of hydrogen-bond donors (Lipinski definition) is 1. The molecule has 0 spiro atoms. The first kappa shape index (κ1) is 6.29. The van der Waals surface area contributed by atoms with E-state index in [0.717, 1.165) is 6.54 Å². The summed E-state index contributed by atoms with van der Waals surface area (Å²) in [6.45, 7) is 2.68. The molecule has 0 aromatic carbocycles. The highest BCUT2D eigenvalue weighted by atomic mass is 16.3. The molecular weight excluding hydrogens is 116 g/mol. The Balaban J connectivity index is 2.55. The largest absolute Gasteiger partial charge is 0.369 e. The van der Waals surface area contributed by atoms with Gasteiger partial charge in [0.05, 0.1) is 0 Å². The molecule has 0 bridgehead atoms. The third-order valence-corrected chi connectivity index (χ3v) is 1.21. The predicted octanol–water partition coefficient (Wildman–Crippen LogP) is 0.182. The fourth-order valence-electron chi connectivity index (χ4n) is 0.710. The summed E-state index contributed by atoms with van der Waals surface area (Å²) in [7, 11) is 0. The Hall–Kier alpha value is -0.830. The highest BCUT2D eigenvalue weighted by Crippen LogP contribution is 2.00. The van der Waals surface area contributed by atoms with Crippen molar-refractivity contribution in [3.05, 3.63) is 12.2 Å². The molecule has 0 aromatic rings. The molecule has 1 unspecified atom stereocenters. The zero-order valence-electron chi connectivity index (χ0n) is 5.36. The molecule has 0 aromatic heterocycles. The zero-order chi connectivity index (χ0) is 6.69. The minimum atomic E-state index is -0.528. The number of aliphatic hydroxyl groups is 1.